The van der Waals surface area contributed by atoms with E-state index in [0.717, 1.165) is 17.4 Å². The Kier molecular flexibility index (Phi) is 6.13. The zero-order valence-electron chi connectivity index (χ0n) is 12.8. The summed E-state index contributed by atoms with van der Waals surface area (Å²) in [5, 5.41) is 10.1. The summed E-state index contributed by atoms with van der Waals surface area (Å²) in [5.41, 5.74) is 1.60. The van der Waals surface area contributed by atoms with Gasteiger partial charge >= 0.3 is 5.63 Å². The van der Waals surface area contributed by atoms with Gasteiger partial charge in [-0.25, -0.2) is 4.79 Å². The Bertz CT molecular complexity index is 805. The van der Waals surface area contributed by atoms with E-state index in [4.69, 9.17) is 8.97 Å². The molecule has 22 heavy (non-hydrogen) atoms. The van der Waals surface area contributed by atoms with Crippen molar-refractivity contribution >= 4 is 21.1 Å². The van der Waals surface area contributed by atoms with Crippen LogP contribution in [-0.4, -0.2) is 23.8 Å². The fourth-order valence-electron chi connectivity index (χ4n) is 1.76. The van der Waals surface area contributed by atoms with Crippen LogP contribution in [0.3, 0.4) is 0 Å². The van der Waals surface area contributed by atoms with Crippen LogP contribution in [0.1, 0.15) is 30.9 Å². The van der Waals surface area contributed by atoms with E-state index in [0.29, 0.717) is 17.6 Å². The number of unbranched alkanes of at least 4 members (excludes halogenated alkanes) is 1. The van der Waals surface area contributed by atoms with Crippen LogP contribution in [0.15, 0.2) is 27.4 Å². The molecular weight excluding hydrogens is 308 g/mol. The first-order chi connectivity index (χ1) is 10.2. The molecule has 2 aromatic rings. The number of benzene rings is 1. The van der Waals surface area contributed by atoms with Crippen LogP contribution in [-0.2, 0) is 10.1 Å². The molecule has 0 bridgehead atoms. The van der Waals surface area contributed by atoms with E-state index in [1.54, 1.807) is 19.1 Å². The SMILES string of the molecule is CCCCS(=O)(=O)O.Cc1c(C)c2ccc(O)cc2oc1=O. The minimum atomic E-state index is -3.69. The molecule has 0 saturated heterocycles. The van der Waals surface area contributed by atoms with Gasteiger partial charge in [0.05, 0.1) is 5.75 Å². The molecule has 0 atom stereocenters. The van der Waals surface area contributed by atoms with E-state index in [9.17, 15) is 18.3 Å². The lowest BCUT2D eigenvalue weighted by molar-refractivity contribution is 0.472. The molecule has 0 aliphatic carbocycles. The third kappa shape index (κ3) is 5.16. The first-order valence-electron chi connectivity index (χ1n) is 6.84. The third-order valence-electron chi connectivity index (χ3n) is 3.20. The van der Waals surface area contributed by atoms with Crippen molar-refractivity contribution in [2.24, 2.45) is 0 Å². The molecule has 2 rings (SSSR count). The molecule has 0 aliphatic rings. The number of hydrogen-bond acceptors (Lipinski definition) is 5. The fourth-order valence-corrected chi connectivity index (χ4v) is 2.42. The van der Waals surface area contributed by atoms with Crippen LogP contribution in [0, 0.1) is 13.8 Å². The van der Waals surface area contributed by atoms with Crippen LogP contribution in [0.25, 0.3) is 11.0 Å². The van der Waals surface area contributed by atoms with E-state index in [1.165, 1.54) is 6.07 Å². The zero-order valence-corrected chi connectivity index (χ0v) is 13.6. The Balaban J connectivity index is 0.000000261. The van der Waals surface area contributed by atoms with Gasteiger partial charge in [-0.15, -0.1) is 0 Å². The maximum absolute atomic E-state index is 11.3. The average molecular weight is 328 g/mol. The van der Waals surface area contributed by atoms with Crippen molar-refractivity contribution < 1.29 is 22.5 Å². The molecule has 0 fully saturated rings. The smallest absolute Gasteiger partial charge is 0.339 e. The van der Waals surface area contributed by atoms with Gasteiger partial charge in [0.25, 0.3) is 10.1 Å². The van der Waals surface area contributed by atoms with E-state index in [2.05, 4.69) is 0 Å². The molecule has 0 spiro atoms. The highest BCUT2D eigenvalue weighted by Crippen LogP contribution is 2.22. The Morgan fingerprint density at radius 2 is 1.82 bits per heavy atom. The van der Waals surface area contributed by atoms with Crippen LogP contribution in [0.5, 0.6) is 5.75 Å². The monoisotopic (exact) mass is 328 g/mol. The van der Waals surface area contributed by atoms with Crippen LogP contribution >= 0.6 is 0 Å². The highest BCUT2D eigenvalue weighted by molar-refractivity contribution is 7.85. The molecule has 0 radical (unpaired) electrons. The maximum atomic E-state index is 11.3. The quantitative estimate of drug-likeness (QED) is 0.663. The number of aryl methyl sites for hydroxylation is 1. The highest BCUT2D eigenvalue weighted by atomic mass is 32.2. The second-order valence-electron chi connectivity index (χ2n) is 4.96. The van der Waals surface area contributed by atoms with Crippen molar-refractivity contribution in [2.75, 3.05) is 5.75 Å². The lowest BCUT2D eigenvalue weighted by Crippen LogP contribution is -2.05. The summed E-state index contributed by atoms with van der Waals surface area (Å²) in [6.07, 6.45) is 1.33. The van der Waals surface area contributed by atoms with E-state index >= 15 is 0 Å². The lowest BCUT2D eigenvalue weighted by atomic mass is 10.1. The van der Waals surface area contributed by atoms with Gasteiger partial charge in [0.15, 0.2) is 0 Å². The van der Waals surface area contributed by atoms with Crippen molar-refractivity contribution in [3.8, 4) is 5.75 Å². The van der Waals surface area contributed by atoms with E-state index in [-0.39, 0.29) is 17.1 Å². The molecular formula is C15H20O6S. The Labute approximate surface area is 129 Å². The minimum Gasteiger partial charge on any atom is -0.508 e. The topological polar surface area (TPSA) is 105 Å². The van der Waals surface area contributed by atoms with Crippen LogP contribution < -0.4 is 5.63 Å². The fraction of sp³-hybridized carbons (Fsp3) is 0.400. The Morgan fingerprint density at radius 3 is 2.32 bits per heavy atom. The second-order valence-corrected chi connectivity index (χ2v) is 6.53. The predicted octanol–water partition coefficient (Wildman–Crippen LogP) is 2.79. The summed E-state index contributed by atoms with van der Waals surface area (Å²) >= 11 is 0. The molecule has 6 nitrogen and oxygen atoms in total. The summed E-state index contributed by atoms with van der Waals surface area (Å²) in [6, 6.07) is 4.77. The minimum absolute atomic E-state index is 0.101. The largest absolute Gasteiger partial charge is 0.508 e. The molecule has 0 amide bonds. The van der Waals surface area contributed by atoms with Crippen molar-refractivity contribution in [1.82, 2.24) is 0 Å². The van der Waals surface area contributed by atoms with Gasteiger partial charge in [0, 0.05) is 17.0 Å². The van der Waals surface area contributed by atoms with Gasteiger partial charge in [-0.3, -0.25) is 4.55 Å². The second kappa shape index (κ2) is 7.42. The molecule has 2 N–H and O–H groups in total. The van der Waals surface area contributed by atoms with Gasteiger partial charge in [-0.2, -0.15) is 8.42 Å². The Hall–Kier alpha value is -1.86. The van der Waals surface area contributed by atoms with Gasteiger partial charge in [-0.1, -0.05) is 13.3 Å². The van der Waals surface area contributed by atoms with Gasteiger partial charge in [0.1, 0.15) is 11.3 Å². The highest BCUT2D eigenvalue weighted by Gasteiger charge is 2.07. The molecule has 0 saturated carbocycles. The van der Waals surface area contributed by atoms with E-state index in [1.807, 2.05) is 13.8 Å². The molecule has 0 aliphatic heterocycles. The first-order valence-corrected chi connectivity index (χ1v) is 8.44. The third-order valence-corrected chi connectivity index (χ3v) is 4.00. The standard InChI is InChI=1S/C11H10O3.C4H10O3S/c1-6-7(2)11(13)14-10-5-8(12)3-4-9(6)10;1-2-3-4-8(5,6)7/h3-5,12H,1-2H3;2-4H2,1H3,(H,5,6,7). The number of rotatable bonds is 3. The lowest BCUT2D eigenvalue weighted by Gasteiger charge is -2.03. The molecule has 122 valence electrons. The van der Waals surface area contributed by atoms with Crippen molar-refractivity contribution in [2.45, 2.75) is 33.6 Å². The predicted molar refractivity (Wildman–Crippen MR) is 84.9 cm³/mol. The number of phenols is 1. The van der Waals surface area contributed by atoms with Gasteiger partial charge in [0.2, 0.25) is 0 Å². The molecule has 1 aromatic carbocycles. The normalized spacial score (nSPS) is 11.1. The summed E-state index contributed by atoms with van der Waals surface area (Å²) in [7, 11) is -3.69. The first kappa shape index (κ1) is 18.2. The van der Waals surface area contributed by atoms with Gasteiger partial charge in [-0.05, 0) is 38.0 Å². The van der Waals surface area contributed by atoms with Crippen molar-refractivity contribution in [1.29, 1.82) is 0 Å². The molecule has 1 heterocycles. The number of hydrogen-bond donors (Lipinski definition) is 2. The maximum Gasteiger partial charge on any atom is 0.339 e. The van der Waals surface area contributed by atoms with Crippen molar-refractivity contribution in [3.05, 3.63) is 39.7 Å². The average Bonchev–Trinajstić information content (AvgIpc) is 2.42. The molecule has 7 heteroatoms. The zero-order chi connectivity index (χ0) is 16.9. The summed E-state index contributed by atoms with van der Waals surface area (Å²) in [6.45, 7) is 5.46. The number of fused-ring (bicyclic) bond motifs is 1. The number of aromatic hydroxyl groups is 1. The molecule has 1 aromatic heterocycles. The summed E-state index contributed by atoms with van der Waals surface area (Å²) < 4.78 is 33.1. The Morgan fingerprint density at radius 1 is 1.18 bits per heavy atom. The van der Waals surface area contributed by atoms with Crippen molar-refractivity contribution in [3.63, 3.8) is 0 Å². The molecule has 0 unspecified atom stereocenters. The summed E-state index contributed by atoms with van der Waals surface area (Å²) in [5.74, 6) is -0.00680. The van der Waals surface area contributed by atoms with Crippen LogP contribution in [0.4, 0.5) is 0 Å². The van der Waals surface area contributed by atoms with Gasteiger partial charge < -0.3 is 9.52 Å². The van der Waals surface area contributed by atoms with E-state index < -0.39 is 10.1 Å². The summed E-state index contributed by atoms with van der Waals surface area (Å²) in [4.78, 5) is 11.3. The number of phenolic OH excluding ortho intramolecular Hbond substituents is 1. The van der Waals surface area contributed by atoms with Crippen LogP contribution in [0.2, 0.25) is 0 Å².